The SMILES string of the molecule is CC[C@H]1OC(=O)[C@H](C)[C@@H](O[C@H]2C[C@@](C)(OC)[C@@H](O)[C@H](C)O2)C[C@@H](O[C@H]2C[C@@H](NC)C[C@@H](C)O2)[C@](C)(O)CCC(=O)[C@H](C)[C@@H](O)[C@]1(C)O. The molecule has 0 aromatic rings. The van der Waals surface area contributed by atoms with Gasteiger partial charge in [0.1, 0.15) is 23.6 Å². The second-order valence-corrected chi connectivity index (χ2v) is 14.7. The Morgan fingerprint density at radius 3 is 2.17 bits per heavy atom. The number of cyclic esters (lactones) is 1. The molecule has 5 N–H and O–H groups in total. The number of nitrogens with one attached hydrogen (secondary N) is 1. The molecule has 0 aromatic carbocycles. The zero-order valence-electron chi connectivity index (χ0n) is 29.9. The third-order valence-electron chi connectivity index (χ3n) is 10.8. The van der Waals surface area contributed by atoms with Crippen molar-refractivity contribution in [3.05, 3.63) is 0 Å². The van der Waals surface area contributed by atoms with Crippen LogP contribution in [-0.4, -0.2) is 124 Å². The van der Waals surface area contributed by atoms with Gasteiger partial charge in [0.15, 0.2) is 12.6 Å². The third-order valence-corrected chi connectivity index (χ3v) is 10.8. The van der Waals surface area contributed by atoms with E-state index in [-0.39, 0.29) is 50.0 Å². The van der Waals surface area contributed by atoms with Crippen LogP contribution in [0.4, 0.5) is 0 Å². The standard InChI is InChI=1S/C34H61NO12/c1-11-25-34(8,41)29(37)19(3)23(36)12-13-32(6,40)26(46-27-15-22(35-9)14-18(2)43-27)16-24(20(4)31(39)47-25)45-28-17-33(7,42-10)30(38)21(5)44-28/h18-22,24-30,35,37-38,40-41H,11-17H2,1-10H3/t18-,19+,20-,21+,22+,24+,25-,26-,27+,28+,29-,30+,32-,33-,34-/m1/s1. The van der Waals surface area contributed by atoms with E-state index in [1.165, 1.54) is 21.0 Å². The fraction of sp³-hybridized carbons (Fsp3) is 0.941. The van der Waals surface area contributed by atoms with Crippen LogP contribution in [0.5, 0.6) is 0 Å². The van der Waals surface area contributed by atoms with Crippen LogP contribution >= 0.6 is 0 Å². The van der Waals surface area contributed by atoms with E-state index in [1.54, 1.807) is 34.6 Å². The van der Waals surface area contributed by atoms with Crippen molar-refractivity contribution < 1.29 is 58.4 Å². The van der Waals surface area contributed by atoms with Crippen molar-refractivity contribution in [3.8, 4) is 0 Å². The molecule has 274 valence electrons. The Labute approximate surface area is 279 Å². The minimum Gasteiger partial charge on any atom is -0.459 e. The topological polar surface area (TPSA) is 182 Å². The fourth-order valence-electron chi connectivity index (χ4n) is 7.09. The summed E-state index contributed by atoms with van der Waals surface area (Å²) in [6, 6.07) is 0.117. The van der Waals surface area contributed by atoms with Gasteiger partial charge in [-0.2, -0.15) is 0 Å². The van der Waals surface area contributed by atoms with Crippen molar-refractivity contribution in [1.82, 2.24) is 5.32 Å². The first-order chi connectivity index (χ1) is 21.8. The Morgan fingerprint density at radius 2 is 1.57 bits per heavy atom. The van der Waals surface area contributed by atoms with Crippen molar-refractivity contribution >= 4 is 11.8 Å². The van der Waals surface area contributed by atoms with Crippen LogP contribution in [-0.2, 0) is 38.0 Å². The molecule has 13 nitrogen and oxygen atoms in total. The average Bonchev–Trinajstić information content (AvgIpc) is 3.02. The lowest BCUT2D eigenvalue weighted by atomic mass is 9.79. The van der Waals surface area contributed by atoms with Crippen LogP contribution < -0.4 is 5.32 Å². The molecule has 3 fully saturated rings. The fourth-order valence-corrected chi connectivity index (χ4v) is 7.09. The second-order valence-electron chi connectivity index (χ2n) is 14.7. The Hall–Kier alpha value is -1.26. The van der Waals surface area contributed by atoms with E-state index in [0.717, 1.165) is 6.42 Å². The maximum Gasteiger partial charge on any atom is 0.311 e. The molecule has 13 heteroatoms. The van der Waals surface area contributed by atoms with Gasteiger partial charge in [0.05, 0.1) is 47.6 Å². The number of hydrogen-bond acceptors (Lipinski definition) is 13. The first-order valence-corrected chi connectivity index (χ1v) is 17.2. The predicted octanol–water partition coefficient (Wildman–Crippen LogP) is 1.98. The molecule has 0 unspecified atom stereocenters. The Morgan fingerprint density at radius 1 is 0.915 bits per heavy atom. The van der Waals surface area contributed by atoms with Crippen molar-refractivity contribution in [2.45, 2.75) is 178 Å². The lowest BCUT2D eigenvalue weighted by Crippen LogP contribution is -2.58. The monoisotopic (exact) mass is 675 g/mol. The summed E-state index contributed by atoms with van der Waals surface area (Å²) in [4.78, 5) is 27.2. The third kappa shape index (κ3) is 9.50. The number of rotatable bonds is 7. The van der Waals surface area contributed by atoms with Gasteiger partial charge in [0.25, 0.3) is 0 Å². The lowest BCUT2D eigenvalue weighted by Gasteiger charge is -2.46. The first kappa shape index (κ1) is 40.2. The van der Waals surface area contributed by atoms with Gasteiger partial charge >= 0.3 is 5.97 Å². The van der Waals surface area contributed by atoms with E-state index in [4.69, 9.17) is 28.4 Å². The van der Waals surface area contributed by atoms with E-state index in [2.05, 4.69) is 5.32 Å². The largest absolute Gasteiger partial charge is 0.459 e. The molecule has 0 aliphatic carbocycles. The summed E-state index contributed by atoms with van der Waals surface area (Å²) in [7, 11) is 3.37. The van der Waals surface area contributed by atoms with E-state index in [0.29, 0.717) is 6.42 Å². The molecule has 3 aliphatic rings. The number of carbonyl (C=O) groups is 2. The van der Waals surface area contributed by atoms with Gasteiger partial charge in [0, 0.05) is 44.8 Å². The minimum atomic E-state index is -1.94. The summed E-state index contributed by atoms with van der Waals surface area (Å²) < 4.78 is 36.7. The van der Waals surface area contributed by atoms with Gasteiger partial charge in [-0.05, 0) is 67.9 Å². The van der Waals surface area contributed by atoms with Crippen LogP contribution in [0.3, 0.4) is 0 Å². The highest BCUT2D eigenvalue weighted by atomic mass is 16.7. The molecule has 0 amide bonds. The summed E-state index contributed by atoms with van der Waals surface area (Å²) in [6.07, 6.45) is -6.43. The molecular formula is C34H61NO12. The highest BCUT2D eigenvalue weighted by Crippen LogP contribution is 2.37. The number of methoxy groups -OCH3 is 1. The van der Waals surface area contributed by atoms with E-state index in [1.807, 2.05) is 14.0 Å². The summed E-state index contributed by atoms with van der Waals surface area (Å²) in [5.41, 5.74) is -4.55. The van der Waals surface area contributed by atoms with Crippen LogP contribution in [0.25, 0.3) is 0 Å². The number of carbonyl (C=O) groups excluding carboxylic acids is 2. The Kier molecular flexibility index (Phi) is 13.8. The molecule has 0 aromatic heterocycles. The van der Waals surface area contributed by atoms with E-state index >= 15 is 0 Å². The van der Waals surface area contributed by atoms with E-state index in [9.17, 15) is 30.0 Å². The number of aliphatic hydroxyl groups excluding tert-OH is 2. The highest BCUT2D eigenvalue weighted by molar-refractivity contribution is 5.81. The molecule has 15 atom stereocenters. The first-order valence-electron chi connectivity index (χ1n) is 17.2. The number of Topliss-reactive ketones (excluding diaryl/α,β-unsaturated/α-hetero) is 1. The van der Waals surface area contributed by atoms with Gasteiger partial charge in [0.2, 0.25) is 0 Å². The van der Waals surface area contributed by atoms with Crippen LogP contribution in [0, 0.1) is 11.8 Å². The van der Waals surface area contributed by atoms with Gasteiger partial charge in [-0.3, -0.25) is 9.59 Å². The summed E-state index contributed by atoms with van der Waals surface area (Å²) >= 11 is 0. The smallest absolute Gasteiger partial charge is 0.311 e. The zero-order chi connectivity index (χ0) is 35.5. The zero-order valence-corrected chi connectivity index (χ0v) is 29.9. The molecule has 0 bridgehead atoms. The number of ketones is 1. The van der Waals surface area contributed by atoms with Gasteiger partial charge in [-0.1, -0.05) is 13.8 Å². The van der Waals surface area contributed by atoms with Crippen molar-refractivity contribution in [3.63, 3.8) is 0 Å². The molecule has 0 spiro atoms. The molecule has 47 heavy (non-hydrogen) atoms. The molecule has 3 saturated heterocycles. The van der Waals surface area contributed by atoms with Gasteiger partial charge in [-0.25, -0.2) is 0 Å². The van der Waals surface area contributed by atoms with Crippen molar-refractivity contribution in [1.29, 1.82) is 0 Å². The van der Waals surface area contributed by atoms with Crippen LogP contribution in [0.2, 0.25) is 0 Å². The summed E-state index contributed by atoms with van der Waals surface area (Å²) in [5, 5.41) is 48.6. The maximum atomic E-state index is 13.8. The van der Waals surface area contributed by atoms with Crippen LogP contribution in [0.1, 0.15) is 100 Å². The maximum absolute atomic E-state index is 13.8. The Balaban J connectivity index is 2.05. The number of ether oxygens (including phenoxy) is 6. The molecule has 3 heterocycles. The average molecular weight is 676 g/mol. The quantitative estimate of drug-likeness (QED) is 0.247. The van der Waals surface area contributed by atoms with Crippen molar-refractivity contribution in [2.75, 3.05) is 14.2 Å². The molecule has 0 radical (unpaired) electrons. The lowest BCUT2D eigenvalue weighted by molar-refractivity contribution is -0.299. The minimum absolute atomic E-state index is 0.0121. The predicted molar refractivity (Wildman–Crippen MR) is 171 cm³/mol. The second kappa shape index (κ2) is 16.2. The van der Waals surface area contributed by atoms with Crippen molar-refractivity contribution in [2.24, 2.45) is 11.8 Å². The molecular weight excluding hydrogens is 614 g/mol. The van der Waals surface area contributed by atoms with Gasteiger partial charge < -0.3 is 54.2 Å². The summed E-state index contributed by atoms with van der Waals surface area (Å²) in [5.74, 6) is -3.04. The molecule has 0 saturated carbocycles. The number of aliphatic hydroxyl groups is 4. The molecule has 3 aliphatic heterocycles. The number of esters is 1. The number of hydrogen-bond donors (Lipinski definition) is 5. The summed E-state index contributed by atoms with van der Waals surface area (Å²) in [6.45, 7) is 13.2. The Bertz CT molecular complexity index is 1040. The van der Waals surface area contributed by atoms with E-state index < -0.39 is 83.8 Å². The highest BCUT2D eigenvalue weighted by Gasteiger charge is 2.50. The van der Waals surface area contributed by atoms with Crippen LogP contribution in [0.15, 0.2) is 0 Å². The normalized spacial score (nSPS) is 48.0. The molecule has 3 rings (SSSR count). The van der Waals surface area contributed by atoms with Gasteiger partial charge in [-0.15, -0.1) is 0 Å².